The third kappa shape index (κ3) is 3.62. The molecule has 0 unspecified atom stereocenters. The highest BCUT2D eigenvalue weighted by atomic mass is 16.2. The predicted molar refractivity (Wildman–Crippen MR) is 104 cm³/mol. The van der Waals surface area contributed by atoms with Gasteiger partial charge in [-0.15, -0.1) is 0 Å². The first-order valence-electron chi connectivity index (χ1n) is 9.40. The first-order chi connectivity index (χ1) is 12.3. The maximum Gasteiger partial charge on any atom is 0.225 e. The minimum Gasteiger partial charge on any atom is -0.358 e. The Morgan fingerprint density at radius 3 is 2.73 bits per heavy atom. The number of benzene rings is 1. The van der Waals surface area contributed by atoms with E-state index < -0.39 is 0 Å². The fourth-order valence-electron chi connectivity index (χ4n) is 3.82. The zero-order valence-electron chi connectivity index (χ0n) is 16.4. The monoisotopic (exact) mass is 355 g/mol. The van der Waals surface area contributed by atoms with Crippen molar-refractivity contribution in [2.24, 2.45) is 11.8 Å². The molecule has 0 aliphatic carbocycles. The smallest absolute Gasteiger partial charge is 0.225 e. The second kappa shape index (κ2) is 7.14. The van der Waals surface area contributed by atoms with E-state index in [4.69, 9.17) is 0 Å². The molecule has 3 rings (SSSR count). The van der Waals surface area contributed by atoms with Gasteiger partial charge in [-0.25, -0.2) is 0 Å². The first kappa shape index (κ1) is 18.5. The maximum absolute atomic E-state index is 12.6. The SMILES string of the molecule is Cc1cc(CNC(=O)[C@@H]2CC(=O)N(CC(C)C)C2)c2[nH]c(C)c(C)c2c1. The Labute approximate surface area is 155 Å². The van der Waals surface area contributed by atoms with Gasteiger partial charge in [0.05, 0.1) is 11.4 Å². The number of aromatic amines is 1. The lowest BCUT2D eigenvalue weighted by Crippen LogP contribution is -2.33. The predicted octanol–water partition coefficient (Wildman–Crippen LogP) is 3.21. The molecule has 2 heterocycles. The van der Waals surface area contributed by atoms with Crippen molar-refractivity contribution in [1.29, 1.82) is 0 Å². The molecule has 1 aliphatic heterocycles. The number of hydrogen-bond donors (Lipinski definition) is 2. The topological polar surface area (TPSA) is 65.2 Å². The lowest BCUT2D eigenvalue weighted by atomic mass is 10.0. The Kier molecular flexibility index (Phi) is 5.08. The van der Waals surface area contributed by atoms with Gasteiger partial charge in [-0.3, -0.25) is 9.59 Å². The molecule has 0 spiro atoms. The fraction of sp³-hybridized carbons (Fsp3) is 0.524. The van der Waals surface area contributed by atoms with E-state index >= 15 is 0 Å². The quantitative estimate of drug-likeness (QED) is 0.865. The van der Waals surface area contributed by atoms with Gasteiger partial charge in [-0.05, 0) is 43.9 Å². The second-order valence-corrected chi connectivity index (χ2v) is 8.03. The van der Waals surface area contributed by atoms with Crippen LogP contribution in [-0.2, 0) is 16.1 Å². The summed E-state index contributed by atoms with van der Waals surface area (Å²) < 4.78 is 0. The van der Waals surface area contributed by atoms with Crippen molar-refractivity contribution in [1.82, 2.24) is 15.2 Å². The van der Waals surface area contributed by atoms with Crippen molar-refractivity contribution >= 4 is 22.7 Å². The van der Waals surface area contributed by atoms with Crippen LogP contribution in [0.5, 0.6) is 0 Å². The summed E-state index contributed by atoms with van der Waals surface area (Å²) in [5.41, 5.74) is 5.77. The van der Waals surface area contributed by atoms with Gasteiger partial charge < -0.3 is 15.2 Å². The molecule has 1 atom stereocenters. The first-order valence-corrected chi connectivity index (χ1v) is 9.40. The number of amides is 2. The van der Waals surface area contributed by atoms with Crippen LogP contribution < -0.4 is 5.32 Å². The molecule has 0 bridgehead atoms. The van der Waals surface area contributed by atoms with Crippen molar-refractivity contribution in [3.05, 3.63) is 34.5 Å². The van der Waals surface area contributed by atoms with E-state index in [1.165, 1.54) is 16.5 Å². The summed E-state index contributed by atoms with van der Waals surface area (Å²) in [6.45, 7) is 12.2. The molecule has 1 saturated heterocycles. The normalized spacial score (nSPS) is 17.5. The van der Waals surface area contributed by atoms with Crippen LogP contribution in [-0.4, -0.2) is 34.8 Å². The van der Waals surface area contributed by atoms with Crippen LogP contribution >= 0.6 is 0 Å². The molecule has 2 N–H and O–H groups in total. The van der Waals surface area contributed by atoms with E-state index in [0.29, 0.717) is 25.4 Å². The molecular weight excluding hydrogens is 326 g/mol. The van der Waals surface area contributed by atoms with Gasteiger partial charge in [0.1, 0.15) is 0 Å². The Bertz CT molecular complexity index is 851. The molecule has 26 heavy (non-hydrogen) atoms. The maximum atomic E-state index is 12.6. The van der Waals surface area contributed by atoms with E-state index in [1.54, 1.807) is 0 Å². The number of hydrogen-bond acceptors (Lipinski definition) is 2. The van der Waals surface area contributed by atoms with E-state index in [2.05, 4.69) is 57.1 Å². The Morgan fingerprint density at radius 2 is 2.04 bits per heavy atom. The largest absolute Gasteiger partial charge is 0.358 e. The van der Waals surface area contributed by atoms with Crippen molar-refractivity contribution in [2.45, 2.75) is 47.6 Å². The minimum atomic E-state index is -0.242. The van der Waals surface area contributed by atoms with Crippen LogP contribution in [0.15, 0.2) is 12.1 Å². The second-order valence-electron chi connectivity index (χ2n) is 8.03. The highest BCUT2D eigenvalue weighted by Gasteiger charge is 2.34. The van der Waals surface area contributed by atoms with E-state index in [1.807, 2.05) is 4.90 Å². The number of nitrogens with zero attached hydrogens (tertiary/aromatic N) is 1. The number of H-pyrrole nitrogens is 1. The van der Waals surface area contributed by atoms with Crippen LogP contribution in [0, 0.1) is 32.6 Å². The summed E-state index contributed by atoms with van der Waals surface area (Å²) in [6.07, 6.45) is 0.322. The van der Waals surface area contributed by atoms with E-state index in [0.717, 1.165) is 23.3 Å². The number of carbonyl (C=O) groups is 2. The minimum absolute atomic E-state index is 0.0285. The van der Waals surface area contributed by atoms with Gasteiger partial charge in [0.15, 0.2) is 0 Å². The molecule has 1 aromatic carbocycles. The van der Waals surface area contributed by atoms with Gasteiger partial charge >= 0.3 is 0 Å². The van der Waals surface area contributed by atoms with Crippen LogP contribution in [0.25, 0.3) is 10.9 Å². The number of fused-ring (bicyclic) bond motifs is 1. The third-order valence-corrected chi connectivity index (χ3v) is 5.27. The number of aromatic nitrogens is 1. The Morgan fingerprint density at radius 1 is 1.31 bits per heavy atom. The van der Waals surface area contributed by atoms with Crippen molar-refractivity contribution in [3.8, 4) is 0 Å². The molecule has 5 heteroatoms. The summed E-state index contributed by atoms with van der Waals surface area (Å²) in [6, 6.07) is 4.29. The molecule has 140 valence electrons. The summed E-state index contributed by atoms with van der Waals surface area (Å²) in [5, 5.41) is 4.26. The number of carbonyl (C=O) groups excluding carboxylic acids is 2. The van der Waals surface area contributed by atoms with Crippen molar-refractivity contribution in [2.75, 3.05) is 13.1 Å². The molecule has 2 aromatic rings. The average molecular weight is 355 g/mol. The Balaban J connectivity index is 1.70. The van der Waals surface area contributed by atoms with Crippen molar-refractivity contribution < 1.29 is 9.59 Å². The molecule has 5 nitrogen and oxygen atoms in total. The summed E-state index contributed by atoms with van der Waals surface area (Å²) in [7, 11) is 0. The molecule has 2 amide bonds. The van der Waals surface area contributed by atoms with Gasteiger partial charge in [-0.1, -0.05) is 25.5 Å². The van der Waals surface area contributed by atoms with Gasteiger partial charge in [-0.2, -0.15) is 0 Å². The standard InChI is InChI=1S/C21H29N3O2/c1-12(2)10-24-11-17(8-19(24)25)21(26)22-9-16-6-13(3)7-18-14(4)15(5)23-20(16)18/h6-7,12,17,23H,8-11H2,1-5H3,(H,22,26)/t17-/m1/s1. The highest BCUT2D eigenvalue weighted by molar-refractivity contribution is 5.90. The third-order valence-electron chi connectivity index (χ3n) is 5.27. The summed E-state index contributed by atoms with van der Waals surface area (Å²) >= 11 is 0. The van der Waals surface area contributed by atoms with E-state index in [-0.39, 0.29) is 17.7 Å². The van der Waals surface area contributed by atoms with Gasteiger partial charge in [0, 0.05) is 37.1 Å². The van der Waals surface area contributed by atoms with E-state index in [9.17, 15) is 9.59 Å². The van der Waals surface area contributed by atoms with Gasteiger partial charge in [0.2, 0.25) is 11.8 Å². The van der Waals surface area contributed by atoms with Crippen LogP contribution in [0.1, 0.15) is 42.7 Å². The zero-order chi connectivity index (χ0) is 19.0. The number of nitrogens with one attached hydrogen (secondary N) is 2. The van der Waals surface area contributed by atoms with Gasteiger partial charge in [0.25, 0.3) is 0 Å². The molecule has 0 radical (unpaired) electrons. The summed E-state index contributed by atoms with van der Waals surface area (Å²) in [5.74, 6) is 0.237. The highest BCUT2D eigenvalue weighted by Crippen LogP contribution is 2.26. The number of aryl methyl sites for hydroxylation is 3. The number of rotatable bonds is 5. The Hall–Kier alpha value is -2.30. The van der Waals surface area contributed by atoms with Crippen LogP contribution in [0.4, 0.5) is 0 Å². The summed E-state index contributed by atoms with van der Waals surface area (Å²) in [4.78, 5) is 29.9. The zero-order valence-corrected chi connectivity index (χ0v) is 16.4. The van der Waals surface area contributed by atoms with Crippen LogP contribution in [0.3, 0.4) is 0 Å². The molecular formula is C21H29N3O2. The molecule has 1 fully saturated rings. The molecule has 1 aromatic heterocycles. The van der Waals surface area contributed by atoms with Crippen molar-refractivity contribution in [3.63, 3.8) is 0 Å². The number of likely N-dealkylation sites (tertiary alicyclic amines) is 1. The fourth-order valence-corrected chi connectivity index (χ4v) is 3.82. The lowest BCUT2D eigenvalue weighted by Gasteiger charge is -2.18. The van der Waals surface area contributed by atoms with Crippen LogP contribution in [0.2, 0.25) is 0 Å². The lowest BCUT2D eigenvalue weighted by molar-refractivity contribution is -0.129. The average Bonchev–Trinajstić information content (AvgIpc) is 3.06. The molecule has 0 saturated carbocycles. The molecule has 1 aliphatic rings.